The lowest BCUT2D eigenvalue weighted by Crippen LogP contribution is -2.37. The van der Waals surface area contributed by atoms with E-state index in [1.165, 1.54) is 4.31 Å². The molecular weight excluding hydrogens is 238 g/mol. The summed E-state index contributed by atoms with van der Waals surface area (Å²) in [7, 11) is -3.12. The summed E-state index contributed by atoms with van der Waals surface area (Å²) in [5.74, 6) is 0.241. The Morgan fingerprint density at radius 1 is 1.18 bits per heavy atom. The molecule has 0 spiro atoms. The van der Waals surface area contributed by atoms with Crippen LogP contribution < -0.4 is 4.31 Å². The highest BCUT2D eigenvalue weighted by molar-refractivity contribution is 7.92. The largest absolute Gasteiger partial charge is 0.396 e. The molecular formula is C12H17NO3S. The van der Waals surface area contributed by atoms with Crippen LogP contribution in [0.2, 0.25) is 0 Å². The highest BCUT2D eigenvalue weighted by Gasteiger charge is 2.25. The predicted octanol–water partition coefficient (Wildman–Crippen LogP) is 1.15. The van der Waals surface area contributed by atoms with Crippen molar-refractivity contribution in [1.29, 1.82) is 0 Å². The Hall–Kier alpha value is -1.07. The van der Waals surface area contributed by atoms with Crippen LogP contribution >= 0.6 is 0 Å². The Balaban J connectivity index is 2.21. The van der Waals surface area contributed by atoms with Crippen LogP contribution in [0.25, 0.3) is 0 Å². The van der Waals surface area contributed by atoms with E-state index in [1.54, 1.807) is 0 Å². The maximum atomic E-state index is 11.9. The quantitative estimate of drug-likeness (QED) is 0.881. The molecule has 17 heavy (non-hydrogen) atoms. The second-order valence-corrected chi connectivity index (χ2v) is 6.25. The number of anilines is 1. The van der Waals surface area contributed by atoms with Gasteiger partial charge in [0.2, 0.25) is 10.0 Å². The molecule has 0 radical (unpaired) electrons. The average Bonchev–Trinajstić information content (AvgIpc) is 2.30. The third-order valence-corrected chi connectivity index (χ3v) is 4.84. The van der Waals surface area contributed by atoms with Crippen LogP contribution in [-0.2, 0) is 16.4 Å². The van der Waals surface area contributed by atoms with Gasteiger partial charge in [-0.05, 0) is 37.0 Å². The van der Waals surface area contributed by atoms with Crippen LogP contribution in [0, 0.1) is 0 Å². The van der Waals surface area contributed by atoms with E-state index >= 15 is 0 Å². The van der Waals surface area contributed by atoms with Crippen LogP contribution in [0.1, 0.15) is 18.4 Å². The lowest BCUT2D eigenvalue weighted by atomic mass is 10.1. The smallest absolute Gasteiger partial charge is 0.235 e. The maximum Gasteiger partial charge on any atom is 0.235 e. The third-order valence-electron chi connectivity index (χ3n) is 2.97. The zero-order valence-corrected chi connectivity index (χ0v) is 10.5. The summed E-state index contributed by atoms with van der Waals surface area (Å²) in [4.78, 5) is 0. The normalized spacial score (nSPS) is 19.2. The lowest BCUT2D eigenvalue weighted by Gasteiger charge is -2.28. The summed E-state index contributed by atoms with van der Waals surface area (Å²) in [5, 5.41) is 8.81. The highest BCUT2D eigenvalue weighted by atomic mass is 32.2. The number of aliphatic hydroxyl groups is 1. The molecule has 2 rings (SSSR count). The Labute approximate surface area is 102 Å². The third kappa shape index (κ3) is 2.79. The molecule has 1 aromatic rings. The monoisotopic (exact) mass is 255 g/mol. The Morgan fingerprint density at radius 2 is 1.88 bits per heavy atom. The minimum Gasteiger partial charge on any atom is -0.396 e. The van der Waals surface area contributed by atoms with E-state index in [4.69, 9.17) is 5.11 Å². The average molecular weight is 255 g/mol. The molecule has 5 heteroatoms. The van der Waals surface area contributed by atoms with Crippen molar-refractivity contribution in [2.75, 3.05) is 23.2 Å². The summed E-state index contributed by atoms with van der Waals surface area (Å²) in [6.07, 6.45) is 2.27. The van der Waals surface area contributed by atoms with E-state index in [0.717, 1.165) is 24.1 Å². The first-order chi connectivity index (χ1) is 8.13. The maximum absolute atomic E-state index is 11.9. The number of hydrogen-bond acceptors (Lipinski definition) is 3. The molecule has 1 saturated heterocycles. The van der Waals surface area contributed by atoms with Gasteiger partial charge < -0.3 is 5.11 Å². The first kappa shape index (κ1) is 12.4. The number of hydrogen-bond donors (Lipinski definition) is 1. The van der Waals surface area contributed by atoms with Gasteiger partial charge in [0.1, 0.15) is 0 Å². The summed E-state index contributed by atoms with van der Waals surface area (Å²) in [6, 6.07) is 7.37. The van der Waals surface area contributed by atoms with Crippen LogP contribution in [0.3, 0.4) is 0 Å². The molecule has 1 heterocycles. The SMILES string of the molecule is O=S1(=O)CCCCN1c1ccc(CCO)cc1. The van der Waals surface area contributed by atoms with Crippen molar-refractivity contribution in [2.24, 2.45) is 0 Å². The van der Waals surface area contributed by atoms with E-state index in [0.29, 0.717) is 13.0 Å². The van der Waals surface area contributed by atoms with Crippen LogP contribution in [0.4, 0.5) is 5.69 Å². The number of aliphatic hydroxyl groups excluding tert-OH is 1. The minimum absolute atomic E-state index is 0.112. The molecule has 0 bridgehead atoms. The van der Waals surface area contributed by atoms with Crippen LogP contribution in [0.15, 0.2) is 24.3 Å². The van der Waals surface area contributed by atoms with E-state index in [2.05, 4.69) is 0 Å². The van der Waals surface area contributed by atoms with Gasteiger partial charge in [0, 0.05) is 13.2 Å². The number of rotatable bonds is 3. The molecule has 0 saturated carbocycles. The predicted molar refractivity (Wildman–Crippen MR) is 67.6 cm³/mol. The van der Waals surface area contributed by atoms with Gasteiger partial charge in [-0.2, -0.15) is 0 Å². The van der Waals surface area contributed by atoms with Gasteiger partial charge in [0.25, 0.3) is 0 Å². The van der Waals surface area contributed by atoms with E-state index in [9.17, 15) is 8.42 Å². The Morgan fingerprint density at radius 3 is 2.47 bits per heavy atom. The van der Waals surface area contributed by atoms with Gasteiger partial charge in [0.05, 0.1) is 11.4 Å². The lowest BCUT2D eigenvalue weighted by molar-refractivity contribution is 0.299. The zero-order valence-electron chi connectivity index (χ0n) is 9.67. The van der Waals surface area contributed by atoms with Gasteiger partial charge in [0.15, 0.2) is 0 Å². The second-order valence-electron chi connectivity index (χ2n) is 4.24. The first-order valence-electron chi connectivity index (χ1n) is 5.84. The fourth-order valence-corrected chi connectivity index (χ4v) is 3.68. The molecule has 0 aliphatic carbocycles. The number of nitrogens with zero attached hydrogens (tertiary/aromatic N) is 1. The van der Waals surface area contributed by atoms with Crippen molar-refractivity contribution in [3.8, 4) is 0 Å². The van der Waals surface area contributed by atoms with Crippen molar-refractivity contribution in [3.63, 3.8) is 0 Å². The summed E-state index contributed by atoms with van der Waals surface area (Å²) in [5.41, 5.74) is 1.75. The summed E-state index contributed by atoms with van der Waals surface area (Å²) >= 11 is 0. The Bertz CT molecular complexity index is 467. The van der Waals surface area contributed by atoms with Crippen molar-refractivity contribution < 1.29 is 13.5 Å². The van der Waals surface area contributed by atoms with Gasteiger partial charge in [-0.1, -0.05) is 12.1 Å². The van der Waals surface area contributed by atoms with Crippen molar-refractivity contribution in [3.05, 3.63) is 29.8 Å². The summed E-state index contributed by atoms with van der Waals surface area (Å²) in [6.45, 7) is 0.684. The second kappa shape index (κ2) is 5.06. The van der Waals surface area contributed by atoms with Crippen molar-refractivity contribution in [1.82, 2.24) is 0 Å². The summed E-state index contributed by atoms with van der Waals surface area (Å²) < 4.78 is 25.2. The van der Waals surface area contributed by atoms with Gasteiger partial charge in [-0.3, -0.25) is 4.31 Å². The topological polar surface area (TPSA) is 57.6 Å². The van der Waals surface area contributed by atoms with Gasteiger partial charge in [-0.25, -0.2) is 8.42 Å². The minimum atomic E-state index is -3.12. The van der Waals surface area contributed by atoms with E-state index < -0.39 is 10.0 Å². The zero-order chi connectivity index (χ0) is 12.3. The fourth-order valence-electron chi connectivity index (χ4n) is 2.04. The van der Waals surface area contributed by atoms with Crippen molar-refractivity contribution >= 4 is 15.7 Å². The molecule has 1 fully saturated rings. The number of sulfonamides is 1. The molecule has 1 N–H and O–H groups in total. The molecule has 0 amide bonds. The molecule has 1 aromatic carbocycles. The van der Waals surface area contributed by atoms with E-state index in [1.807, 2.05) is 24.3 Å². The molecule has 0 unspecified atom stereocenters. The van der Waals surface area contributed by atoms with Crippen molar-refractivity contribution in [2.45, 2.75) is 19.3 Å². The van der Waals surface area contributed by atoms with Crippen LogP contribution in [0.5, 0.6) is 0 Å². The highest BCUT2D eigenvalue weighted by Crippen LogP contribution is 2.23. The molecule has 0 atom stereocenters. The number of benzene rings is 1. The fraction of sp³-hybridized carbons (Fsp3) is 0.500. The standard InChI is InChI=1S/C12H17NO3S/c14-9-7-11-3-5-12(6-4-11)13-8-1-2-10-17(13,15)16/h3-6,14H,1-2,7-10H2. The molecule has 1 aliphatic heterocycles. The molecule has 4 nitrogen and oxygen atoms in total. The van der Waals surface area contributed by atoms with E-state index in [-0.39, 0.29) is 12.4 Å². The van der Waals surface area contributed by atoms with Gasteiger partial charge >= 0.3 is 0 Å². The van der Waals surface area contributed by atoms with Crippen LogP contribution in [-0.4, -0.2) is 32.4 Å². The van der Waals surface area contributed by atoms with Gasteiger partial charge in [-0.15, -0.1) is 0 Å². The Kier molecular flexibility index (Phi) is 3.69. The molecule has 94 valence electrons. The molecule has 1 aliphatic rings. The molecule has 0 aromatic heterocycles. The first-order valence-corrected chi connectivity index (χ1v) is 7.44.